The van der Waals surface area contributed by atoms with Gasteiger partial charge in [0.15, 0.2) is 8.32 Å². The van der Waals surface area contributed by atoms with Crippen LogP contribution in [0.1, 0.15) is 27.2 Å². The molecule has 0 aliphatic rings. The molecule has 0 rings (SSSR count). The van der Waals surface area contributed by atoms with Crippen LogP contribution in [-0.4, -0.2) is 14.9 Å². The average molecular weight is 212 g/mol. The molecule has 0 fully saturated rings. The average Bonchev–Trinajstić information content (AvgIpc) is 1.99. The third-order valence-corrected chi connectivity index (χ3v) is 7.35. The molecule has 0 bridgehead atoms. The third kappa shape index (κ3) is 4.25. The van der Waals surface area contributed by atoms with Gasteiger partial charge in [0.25, 0.3) is 0 Å². The van der Waals surface area contributed by atoms with E-state index in [0.717, 1.165) is 12.0 Å². The van der Waals surface area contributed by atoms with Crippen molar-refractivity contribution in [3.63, 3.8) is 0 Å². The van der Waals surface area contributed by atoms with Crippen LogP contribution in [0.15, 0.2) is 24.8 Å². The van der Waals surface area contributed by atoms with Gasteiger partial charge in [0.1, 0.15) is 0 Å². The molecule has 0 N–H and O–H groups in total. The van der Waals surface area contributed by atoms with Gasteiger partial charge in [0.2, 0.25) is 0 Å². The zero-order valence-electron chi connectivity index (χ0n) is 10.3. The highest BCUT2D eigenvalue weighted by molar-refractivity contribution is 6.74. The topological polar surface area (TPSA) is 9.23 Å². The first kappa shape index (κ1) is 13.7. The van der Waals surface area contributed by atoms with Gasteiger partial charge in [-0.2, -0.15) is 0 Å². The number of hydrogen-bond acceptors (Lipinski definition) is 1. The van der Waals surface area contributed by atoms with Crippen molar-refractivity contribution >= 4 is 8.32 Å². The van der Waals surface area contributed by atoms with Gasteiger partial charge in [-0.3, -0.25) is 0 Å². The van der Waals surface area contributed by atoms with Crippen molar-refractivity contribution in [3.8, 4) is 0 Å². The summed E-state index contributed by atoms with van der Waals surface area (Å²) in [6.07, 6.45) is 2.73. The molecule has 0 heterocycles. The molecule has 0 spiro atoms. The van der Waals surface area contributed by atoms with Crippen molar-refractivity contribution in [2.45, 2.75) is 45.3 Å². The molecule has 0 atom stereocenters. The second-order valence-corrected chi connectivity index (χ2v) is 10.1. The lowest BCUT2D eigenvalue weighted by atomic mass is 10.2. The number of hydrogen-bond donors (Lipinski definition) is 0. The fourth-order valence-electron chi connectivity index (χ4n) is 0.762. The summed E-state index contributed by atoms with van der Waals surface area (Å²) in [6, 6.07) is 0. The van der Waals surface area contributed by atoms with Crippen molar-refractivity contribution in [1.82, 2.24) is 0 Å². The monoisotopic (exact) mass is 212 g/mol. The van der Waals surface area contributed by atoms with Crippen LogP contribution < -0.4 is 0 Å². The van der Waals surface area contributed by atoms with Gasteiger partial charge in [0, 0.05) is 0 Å². The van der Waals surface area contributed by atoms with Gasteiger partial charge >= 0.3 is 0 Å². The normalized spacial score (nSPS) is 12.6. The zero-order chi connectivity index (χ0) is 11.4. The van der Waals surface area contributed by atoms with Gasteiger partial charge < -0.3 is 4.43 Å². The molecular formula is C12H24OSi. The minimum Gasteiger partial charge on any atom is -0.413 e. The first-order valence-corrected chi connectivity index (χ1v) is 8.03. The molecule has 0 aromatic rings. The van der Waals surface area contributed by atoms with Crippen LogP contribution in [-0.2, 0) is 4.43 Å². The highest BCUT2D eigenvalue weighted by atomic mass is 28.4. The number of rotatable bonds is 5. The fraction of sp³-hybridized carbons (Fsp3) is 0.667. The molecule has 0 aromatic heterocycles. The van der Waals surface area contributed by atoms with Crippen molar-refractivity contribution < 1.29 is 4.43 Å². The summed E-state index contributed by atoms with van der Waals surface area (Å²) in [5, 5.41) is 0.279. The van der Waals surface area contributed by atoms with E-state index in [1.807, 2.05) is 6.08 Å². The second kappa shape index (κ2) is 4.94. The molecular weight excluding hydrogens is 188 g/mol. The highest BCUT2D eigenvalue weighted by Gasteiger charge is 2.36. The molecule has 0 radical (unpaired) electrons. The van der Waals surface area contributed by atoms with Gasteiger partial charge in [-0.15, -0.1) is 6.58 Å². The Balaban J connectivity index is 4.12. The van der Waals surface area contributed by atoms with E-state index in [1.165, 1.54) is 0 Å². The van der Waals surface area contributed by atoms with Gasteiger partial charge in [-0.25, -0.2) is 0 Å². The minimum absolute atomic E-state index is 0.279. The van der Waals surface area contributed by atoms with E-state index in [-0.39, 0.29) is 5.04 Å². The lowest BCUT2D eigenvalue weighted by Gasteiger charge is -2.36. The smallest absolute Gasteiger partial charge is 0.192 e. The Morgan fingerprint density at radius 2 is 1.86 bits per heavy atom. The van der Waals surface area contributed by atoms with E-state index in [9.17, 15) is 0 Å². The van der Waals surface area contributed by atoms with E-state index >= 15 is 0 Å². The minimum atomic E-state index is -1.59. The van der Waals surface area contributed by atoms with Gasteiger partial charge in [0.05, 0.1) is 6.61 Å². The van der Waals surface area contributed by atoms with Crippen LogP contribution in [0.4, 0.5) is 0 Å². The van der Waals surface area contributed by atoms with Crippen molar-refractivity contribution in [1.29, 1.82) is 0 Å². The molecule has 0 aliphatic heterocycles. The SMILES string of the molecule is C=CCC(=C)CO[Si](C)(C)C(C)(C)C. The fourth-order valence-corrected chi connectivity index (χ4v) is 1.76. The zero-order valence-corrected chi connectivity index (χ0v) is 11.3. The van der Waals surface area contributed by atoms with Crippen molar-refractivity contribution in [2.24, 2.45) is 0 Å². The van der Waals surface area contributed by atoms with Gasteiger partial charge in [-0.1, -0.05) is 33.4 Å². The maximum Gasteiger partial charge on any atom is 0.192 e. The Labute approximate surface area is 90.0 Å². The first-order chi connectivity index (χ1) is 6.20. The predicted molar refractivity (Wildman–Crippen MR) is 67.1 cm³/mol. The van der Waals surface area contributed by atoms with Crippen LogP contribution in [0.2, 0.25) is 18.1 Å². The van der Waals surface area contributed by atoms with E-state index < -0.39 is 8.32 Å². The van der Waals surface area contributed by atoms with Gasteiger partial charge in [-0.05, 0) is 30.1 Å². The molecule has 82 valence electrons. The summed E-state index contributed by atoms with van der Waals surface area (Å²) in [5.41, 5.74) is 1.12. The Kier molecular flexibility index (Phi) is 4.82. The molecule has 0 saturated heterocycles. The summed E-state index contributed by atoms with van der Waals surface area (Å²) in [6.45, 7) is 19.6. The molecule has 2 heteroatoms. The van der Waals surface area contributed by atoms with Crippen LogP contribution in [0, 0.1) is 0 Å². The van der Waals surface area contributed by atoms with Crippen LogP contribution in [0.3, 0.4) is 0 Å². The van der Waals surface area contributed by atoms with E-state index in [2.05, 4.69) is 47.0 Å². The lowest BCUT2D eigenvalue weighted by Crippen LogP contribution is -2.41. The molecule has 1 nitrogen and oxygen atoms in total. The van der Waals surface area contributed by atoms with Crippen molar-refractivity contribution in [2.75, 3.05) is 6.61 Å². The third-order valence-electron chi connectivity index (χ3n) is 2.88. The molecule has 0 amide bonds. The number of allylic oxidation sites excluding steroid dienone is 1. The first-order valence-electron chi connectivity index (χ1n) is 5.12. The maximum atomic E-state index is 6.00. The maximum absolute atomic E-state index is 6.00. The van der Waals surface area contributed by atoms with E-state index in [0.29, 0.717) is 6.61 Å². The second-order valence-electron chi connectivity index (χ2n) is 5.29. The predicted octanol–water partition coefficient (Wildman–Crippen LogP) is 4.14. The highest BCUT2D eigenvalue weighted by Crippen LogP contribution is 2.36. The van der Waals surface area contributed by atoms with E-state index in [4.69, 9.17) is 4.43 Å². The Bertz CT molecular complexity index is 211. The summed E-state index contributed by atoms with van der Waals surface area (Å²) < 4.78 is 6.00. The molecule has 0 unspecified atom stereocenters. The Morgan fingerprint density at radius 3 is 2.21 bits per heavy atom. The summed E-state index contributed by atoms with van der Waals surface area (Å²) in [5.74, 6) is 0. The quantitative estimate of drug-likeness (QED) is 0.491. The molecule has 0 aliphatic carbocycles. The molecule has 14 heavy (non-hydrogen) atoms. The van der Waals surface area contributed by atoms with Crippen LogP contribution >= 0.6 is 0 Å². The molecule has 0 aromatic carbocycles. The summed E-state index contributed by atoms with van der Waals surface area (Å²) in [7, 11) is -1.59. The Morgan fingerprint density at radius 1 is 1.36 bits per heavy atom. The van der Waals surface area contributed by atoms with Crippen molar-refractivity contribution in [3.05, 3.63) is 24.8 Å². The van der Waals surface area contributed by atoms with E-state index in [1.54, 1.807) is 0 Å². The van der Waals surface area contributed by atoms with Crippen LogP contribution in [0.5, 0.6) is 0 Å². The lowest BCUT2D eigenvalue weighted by molar-refractivity contribution is 0.317. The molecule has 0 saturated carbocycles. The summed E-state index contributed by atoms with van der Waals surface area (Å²) in [4.78, 5) is 0. The standard InChI is InChI=1S/C12H24OSi/c1-8-9-11(2)10-13-14(6,7)12(3,4)5/h8H,1-2,9-10H2,3-7H3. The Hall–Kier alpha value is -0.343. The largest absolute Gasteiger partial charge is 0.413 e. The van der Waals surface area contributed by atoms with Crippen LogP contribution in [0.25, 0.3) is 0 Å². The summed E-state index contributed by atoms with van der Waals surface area (Å²) >= 11 is 0.